The zero-order chi connectivity index (χ0) is 14.4. The largest absolute Gasteiger partial charge is 0.389 e. The van der Waals surface area contributed by atoms with E-state index in [1.165, 1.54) is 12.8 Å². The van der Waals surface area contributed by atoms with Crippen LogP contribution in [0.1, 0.15) is 53.9 Å². The lowest BCUT2D eigenvalue weighted by molar-refractivity contribution is -0.0684. The second kappa shape index (κ2) is 8.23. The molecule has 114 valence electrons. The number of nitrogens with one attached hydrogen (secondary N) is 1. The Hall–Kier alpha value is -0.120. The van der Waals surface area contributed by atoms with E-state index in [0.717, 1.165) is 12.3 Å². The van der Waals surface area contributed by atoms with E-state index in [-0.39, 0.29) is 0 Å². The Morgan fingerprint density at radius 3 is 2.47 bits per heavy atom. The average molecular weight is 271 g/mol. The van der Waals surface area contributed by atoms with E-state index in [1.54, 1.807) is 0 Å². The molecule has 0 aromatic carbocycles. The first kappa shape index (κ1) is 16.9. The summed E-state index contributed by atoms with van der Waals surface area (Å²) in [5.41, 5.74) is 0. The lowest BCUT2D eigenvalue weighted by Crippen LogP contribution is -2.39. The molecule has 1 aliphatic carbocycles. The molecule has 2 N–H and O–H groups in total. The van der Waals surface area contributed by atoms with Crippen LogP contribution in [0.5, 0.6) is 0 Å². The van der Waals surface area contributed by atoms with Crippen molar-refractivity contribution < 1.29 is 9.84 Å². The maximum absolute atomic E-state index is 9.93. The smallest absolute Gasteiger partial charge is 0.0897 e. The second-order valence-electron chi connectivity index (χ2n) is 6.91. The summed E-state index contributed by atoms with van der Waals surface area (Å²) in [5, 5.41) is 13.2. The summed E-state index contributed by atoms with van der Waals surface area (Å²) < 4.78 is 6.03. The van der Waals surface area contributed by atoms with Crippen LogP contribution < -0.4 is 5.32 Å². The number of hydrogen-bond donors (Lipinski definition) is 2. The molecule has 0 bridgehead atoms. The van der Waals surface area contributed by atoms with Gasteiger partial charge in [-0.2, -0.15) is 0 Å². The Morgan fingerprint density at radius 1 is 1.21 bits per heavy atom. The van der Waals surface area contributed by atoms with Crippen molar-refractivity contribution in [2.45, 2.75) is 72.1 Å². The van der Waals surface area contributed by atoms with Crippen molar-refractivity contribution in [1.82, 2.24) is 5.32 Å². The van der Waals surface area contributed by atoms with Crippen molar-refractivity contribution in [1.29, 1.82) is 0 Å². The van der Waals surface area contributed by atoms with Crippen LogP contribution in [0.4, 0.5) is 0 Å². The maximum Gasteiger partial charge on any atom is 0.0897 e. The highest BCUT2D eigenvalue weighted by atomic mass is 16.5. The van der Waals surface area contributed by atoms with Crippen molar-refractivity contribution in [3.63, 3.8) is 0 Å². The second-order valence-corrected chi connectivity index (χ2v) is 6.91. The summed E-state index contributed by atoms with van der Waals surface area (Å²) in [4.78, 5) is 0. The Kier molecular flexibility index (Phi) is 7.33. The van der Waals surface area contributed by atoms with Crippen LogP contribution in [-0.2, 0) is 4.74 Å². The molecule has 0 spiro atoms. The van der Waals surface area contributed by atoms with Gasteiger partial charge in [0.25, 0.3) is 0 Å². The summed E-state index contributed by atoms with van der Waals surface area (Å²) in [5.74, 6) is 2.08. The molecule has 0 aromatic heterocycles. The number of aliphatic hydroxyl groups is 1. The van der Waals surface area contributed by atoms with Gasteiger partial charge in [-0.3, -0.25) is 0 Å². The van der Waals surface area contributed by atoms with E-state index in [9.17, 15) is 5.11 Å². The summed E-state index contributed by atoms with van der Waals surface area (Å²) in [7, 11) is 0. The first-order valence-electron chi connectivity index (χ1n) is 7.93. The molecule has 0 aliphatic heterocycles. The van der Waals surface area contributed by atoms with E-state index in [2.05, 4.69) is 39.9 Å². The lowest BCUT2D eigenvalue weighted by atomic mass is 9.75. The molecule has 19 heavy (non-hydrogen) atoms. The van der Waals surface area contributed by atoms with Gasteiger partial charge in [0.15, 0.2) is 0 Å². The monoisotopic (exact) mass is 271 g/mol. The minimum Gasteiger partial charge on any atom is -0.389 e. The Balaban J connectivity index is 2.35. The summed E-state index contributed by atoms with van der Waals surface area (Å²) in [6.07, 6.45) is 3.67. The Morgan fingerprint density at radius 2 is 1.89 bits per heavy atom. The molecule has 0 heterocycles. The predicted octanol–water partition coefficient (Wildman–Crippen LogP) is 2.82. The molecule has 4 atom stereocenters. The number of rotatable bonds is 7. The van der Waals surface area contributed by atoms with Gasteiger partial charge in [0, 0.05) is 12.6 Å². The highest BCUT2D eigenvalue weighted by Crippen LogP contribution is 2.35. The molecule has 0 unspecified atom stereocenters. The number of ether oxygens (including phenoxy) is 1. The molecular weight excluding hydrogens is 238 g/mol. The molecule has 0 saturated heterocycles. The van der Waals surface area contributed by atoms with E-state index in [1.807, 2.05) is 0 Å². The van der Waals surface area contributed by atoms with Gasteiger partial charge in [-0.15, -0.1) is 0 Å². The van der Waals surface area contributed by atoms with Crippen LogP contribution in [0, 0.1) is 17.8 Å². The summed E-state index contributed by atoms with van der Waals surface area (Å²) in [6, 6.07) is 0.410. The Bertz CT molecular complexity index is 243. The zero-order valence-electron chi connectivity index (χ0n) is 13.4. The molecular formula is C16H33NO2. The SMILES string of the molecule is CC(C)NC[C@@H](O)CO[C@@H]1C[C@@H](C)CC[C@H]1C(C)C. The predicted molar refractivity (Wildman–Crippen MR) is 80.2 cm³/mol. The lowest BCUT2D eigenvalue weighted by Gasteiger charge is -2.37. The average Bonchev–Trinajstić information content (AvgIpc) is 2.33. The molecule has 1 aliphatic rings. The minimum atomic E-state index is -0.396. The first-order chi connectivity index (χ1) is 8.90. The molecule has 1 fully saturated rings. The van der Waals surface area contributed by atoms with Crippen molar-refractivity contribution >= 4 is 0 Å². The van der Waals surface area contributed by atoms with Gasteiger partial charge in [0.05, 0.1) is 18.8 Å². The van der Waals surface area contributed by atoms with Gasteiger partial charge in [-0.25, -0.2) is 0 Å². The highest BCUT2D eigenvalue weighted by Gasteiger charge is 2.31. The van der Waals surface area contributed by atoms with E-state index >= 15 is 0 Å². The van der Waals surface area contributed by atoms with Crippen molar-refractivity contribution in [2.24, 2.45) is 17.8 Å². The third kappa shape index (κ3) is 6.24. The van der Waals surface area contributed by atoms with Crippen molar-refractivity contribution in [2.75, 3.05) is 13.2 Å². The molecule has 3 heteroatoms. The van der Waals surface area contributed by atoms with Gasteiger partial charge in [-0.1, -0.05) is 41.0 Å². The fourth-order valence-electron chi connectivity index (χ4n) is 2.97. The van der Waals surface area contributed by atoms with Crippen molar-refractivity contribution in [3.05, 3.63) is 0 Å². The quantitative estimate of drug-likeness (QED) is 0.748. The van der Waals surface area contributed by atoms with E-state index in [4.69, 9.17) is 4.74 Å². The van der Waals surface area contributed by atoms with E-state index < -0.39 is 6.10 Å². The standard InChI is InChI=1S/C16H33NO2/c1-11(2)15-7-6-13(5)8-16(15)19-10-14(18)9-17-12(3)4/h11-18H,6-10H2,1-5H3/t13-,14+,15-,16+/m0/s1. The molecule has 0 aromatic rings. The topological polar surface area (TPSA) is 41.5 Å². The van der Waals surface area contributed by atoms with Gasteiger partial charge >= 0.3 is 0 Å². The third-order valence-electron chi connectivity index (χ3n) is 4.23. The fraction of sp³-hybridized carbons (Fsp3) is 1.00. The minimum absolute atomic E-state index is 0.331. The zero-order valence-corrected chi connectivity index (χ0v) is 13.4. The van der Waals surface area contributed by atoms with Crippen LogP contribution in [0.2, 0.25) is 0 Å². The molecule has 1 rings (SSSR count). The summed E-state index contributed by atoms with van der Waals surface area (Å²) >= 11 is 0. The maximum atomic E-state index is 9.93. The fourth-order valence-corrected chi connectivity index (χ4v) is 2.97. The van der Waals surface area contributed by atoms with Gasteiger partial charge in [0.1, 0.15) is 0 Å². The third-order valence-corrected chi connectivity index (χ3v) is 4.23. The Labute approximate surface area is 119 Å². The summed E-state index contributed by atoms with van der Waals surface area (Å²) in [6.45, 7) is 12.1. The molecule has 1 saturated carbocycles. The van der Waals surface area contributed by atoms with Crippen LogP contribution in [0.3, 0.4) is 0 Å². The van der Waals surface area contributed by atoms with E-state index in [0.29, 0.717) is 37.1 Å². The molecule has 0 radical (unpaired) electrons. The molecule has 3 nitrogen and oxygen atoms in total. The van der Waals surface area contributed by atoms with Crippen LogP contribution in [0.25, 0.3) is 0 Å². The number of aliphatic hydroxyl groups excluding tert-OH is 1. The van der Waals surface area contributed by atoms with Gasteiger partial charge in [0.2, 0.25) is 0 Å². The van der Waals surface area contributed by atoms with Gasteiger partial charge in [-0.05, 0) is 30.6 Å². The van der Waals surface area contributed by atoms with Crippen molar-refractivity contribution in [3.8, 4) is 0 Å². The van der Waals surface area contributed by atoms with Crippen LogP contribution >= 0.6 is 0 Å². The first-order valence-corrected chi connectivity index (χ1v) is 7.93. The normalized spacial score (nSPS) is 30.0. The van der Waals surface area contributed by atoms with Gasteiger partial charge < -0.3 is 15.2 Å². The molecule has 0 amide bonds. The highest BCUT2D eigenvalue weighted by molar-refractivity contribution is 4.81. The number of hydrogen-bond acceptors (Lipinski definition) is 3. The van der Waals surface area contributed by atoms with Crippen LogP contribution in [-0.4, -0.2) is 36.5 Å². The van der Waals surface area contributed by atoms with Crippen LogP contribution in [0.15, 0.2) is 0 Å².